The van der Waals surface area contributed by atoms with Crippen LogP contribution in [0.5, 0.6) is 17.2 Å². The average molecular weight is 1030 g/mol. The topological polar surface area (TPSA) is 36.9 Å². The first-order valence-corrected chi connectivity index (χ1v) is 14.2. The van der Waals surface area contributed by atoms with Crippen LogP contribution in [0.2, 0.25) is 0 Å². The van der Waals surface area contributed by atoms with E-state index in [0.717, 1.165) is 39.3 Å². The largest absolute Gasteiger partial charge is 0.459 e. The molecule has 5 rings (SSSR count). The quantitative estimate of drug-likeness (QED) is 0.0978. The Kier molecular flexibility index (Phi) is 14.0. The summed E-state index contributed by atoms with van der Waals surface area (Å²) in [6.45, 7) is 4.01. The van der Waals surface area contributed by atoms with Gasteiger partial charge in [0.05, 0.1) is 17.1 Å². The van der Waals surface area contributed by atoms with Gasteiger partial charge in [-0.3, -0.25) is 0 Å². The van der Waals surface area contributed by atoms with E-state index in [4.69, 9.17) is 18.1 Å². The van der Waals surface area contributed by atoms with Gasteiger partial charge in [-0.1, -0.05) is 65.7 Å². The molecular weight excluding hydrogens is 998 g/mol. The Morgan fingerprint density at radius 3 is 1.49 bits per heavy atom. The van der Waals surface area contributed by atoms with E-state index < -0.39 is 5.60 Å². The maximum atomic E-state index is 6.27. The van der Waals surface area contributed by atoms with Crippen molar-refractivity contribution >= 4 is 18.1 Å². The molecular formula is C33H28O4P2U2-2. The minimum absolute atomic E-state index is 0. The third-order valence-corrected chi connectivity index (χ3v) is 7.56. The summed E-state index contributed by atoms with van der Waals surface area (Å²) >= 11 is 0. The van der Waals surface area contributed by atoms with Crippen molar-refractivity contribution in [1.29, 1.82) is 0 Å². The van der Waals surface area contributed by atoms with E-state index in [0.29, 0.717) is 5.75 Å². The van der Waals surface area contributed by atoms with Crippen LogP contribution in [0.1, 0.15) is 19.4 Å². The second-order valence-electron chi connectivity index (χ2n) is 9.13. The van der Waals surface area contributed by atoms with Crippen LogP contribution in [0.25, 0.3) is 22.3 Å². The summed E-state index contributed by atoms with van der Waals surface area (Å²) in [6.07, 6.45) is 0. The molecule has 4 nitrogen and oxygen atoms in total. The first kappa shape index (κ1) is 33.9. The van der Waals surface area contributed by atoms with Gasteiger partial charge in [0.25, 0.3) is 9.03 Å². The smallest absolute Gasteiger partial charge is 0.274 e. The zero-order valence-electron chi connectivity index (χ0n) is 22.7. The minimum Gasteiger partial charge on any atom is -0.459 e. The first-order chi connectivity index (χ1) is 19.1. The maximum absolute atomic E-state index is 6.27. The molecule has 204 valence electrons. The molecule has 0 heterocycles. The molecule has 5 aromatic carbocycles. The van der Waals surface area contributed by atoms with Crippen LogP contribution < -0.4 is 13.6 Å². The molecule has 0 fully saturated rings. The van der Waals surface area contributed by atoms with Crippen molar-refractivity contribution in [1.82, 2.24) is 0 Å². The van der Waals surface area contributed by atoms with Crippen molar-refractivity contribution in [2.24, 2.45) is 0 Å². The molecule has 8 heteroatoms. The van der Waals surface area contributed by atoms with Crippen LogP contribution in [0.4, 0.5) is 0 Å². The van der Waals surface area contributed by atoms with E-state index in [1.54, 1.807) is 0 Å². The average Bonchev–Trinajstić information content (AvgIpc) is 2.99. The molecule has 2 unspecified atom stereocenters. The van der Waals surface area contributed by atoms with E-state index in [1.807, 2.05) is 135 Å². The Morgan fingerprint density at radius 1 is 0.512 bits per heavy atom. The van der Waals surface area contributed by atoms with Crippen LogP contribution in [-0.2, 0) is 10.1 Å². The van der Waals surface area contributed by atoms with Gasteiger partial charge in [-0.25, -0.2) is 0 Å². The molecule has 0 amide bonds. The van der Waals surface area contributed by atoms with Crippen LogP contribution in [0.3, 0.4) is 0 Å². The molecule has 0 radical (unpaired) electrons. The third kappa shape index (κ3) is 9.20. The fourth-order valence-electron chi connectivity index (χ4n) is 4.07. The van der Waals surface area contributed by atoms with Crippen LogP contribution in [0, 0.1) is 74.4 Å². The fraction of sp³-hybridized carbons (Fsp3) is 0.0909. The Hall–Kier alpha value is -1.58. The van der Waals surface area contributed by atoms with E-state index in [9.17, 15) is 0 Å². The van der Waals surface area contributed by atoms with Crippen molar-refractivity contribution in [2.75, 3.05) is 0 Å². The molecule has 0 aliphatic carbocycles. The molecule has 0 saturated heterocycles. The molecule has 0 aliphatic heterocycles. The monoisotopic (exact) mass is 1030 g/mol. The Labute approximate surface area is 293 Å². The molecule has 5 aromatic rings. The number of hydrogen-bond donors (Lipinski definition) is 0. The summed E-state index contributed by atoms with van der Waals surface area (Å²) in [5.41, 5.74) is 4.14. The van der Waals surface area contributed by atoms with Crippen molar-refractivity contribution < 1.29 is 80.3 Å². The van der Waals surface area contributed by atoms with E-state index in [1.165, 1.54) is 0 Å². The summed E-state index contributed by atoms with van der Waals surface area (Å²) in [6, 6.07) is 45.9. The van der Waals surface area contributed by atoms with Gasteiger partial charge >= 0.3 is 0 Å². The Morgan fingerprint density at radius 2 is 0.951 bits per heavy atom. The van der Waals surface area contributed by atoms with Gasteiger partial charge in [-0.05, 0) is 32.0 Å². The molecule has 41 heavy (non-hydrogen) atoms. The Bertz CT molecular complexity index is 1500. The zero-order chi connectivity index (χ0) is 26.9. The van der Waals surface area contributed by atoms with Crippen LogP contribution in [0.15, 0.2) is 121 Å². The first-order valence-electron chi connectivity index (χ1n) is 12.5. The minimum atomic E-state index is -0.662. The van der Waals surface area contributed by atoms with Crippen molar-refractivity contribution in [3.05, 3.63) is 139 Å². The van der Waals surface area contributed by atoms with Gasteiger partial charge in [0.2, 0.25) is 9.03 Å². The second-order valence-corrected chi connectivity index (χ2v) is 10.3. The number of para-hydroxylation sites is 3. The summed E-state index contributed by atoms with van der Waals surface area (Å²) in [5.74, 6) is 2.20. The molecule has 0 saturated carbocycles. The Balaban J connectivity index is 0.00000231. The summed E-state index contributed by atoms with van der Waals surface area (Å²) in [4.78, 5) is 0. The molecule has 0 bridgehead atoms. The van der Waals surface area contributed by atoms with Gasteiger partial charge in [0.1, 0.15) is 5.75 Å². The molecule has 0 aliphatic rings. The van der Waals surface area contributed by atoms with Gasteiger partial charge in [0, 0.05) is 67.8 Å². The number of benzene rings is 5. The summed E-state index contributed by atoms with van der Waals surface area (Å²) in [7, 11) is -0.452. The van der Waals surface area contributed by atoms with Crippen molar-refractivity contribution in [3.8, 4) is 39.5 Å². The number of rotatable bonds is 11. The van der Waals surface area contributed by atoms with Gasteiger partial charge in [-0.2, -0.15) is 0 Å². The van der Waals surface area contributed by atoms with E-state index in [-0.39, 0.29) is 80.3 Å². The second kappa shape index (κ2) is 16.9. The molecule has 0 spiro atoms. The third-order valence-electron chi connectivity index (χ3n) is 6.06. The summed E-state index contributed by atoms with van der Waals surface area (Å²) in [5, 5.41) is 0. The fourth-order valence-corrected chi connectivity index (χ4v) is 5.27. The van der Waals surface area contributed by atoms with Gasteiger partial charge in [-0.15, -0.1) is 71.8 Å². The van der Waals surface area contributed by atoms with Crippen molar-refractivity contribution in [3.63, 3.8) is 0 Å². The van der Waals surface area contributed by atoms with E-state index in [2.05, 4.69) is 12.1 Å². The maximum Gasteiger partial charge on any atom is 0.274 e. The van der Waals surface area contributed by atoms with E-state index >= 15 is 0 Å². The predicted molar refractivity (Wildman–Crippen MR) is 160 cm³/mol. The molecule has 2 atom stereocenters. The number of hydrogen-bond acceptors (Lipinski definition) is 4. The summed E-state index contributed by atoms with van der Waals surface area (Å²) < 4.78 is 24.6. The van der Waals surface area contributed by atoms with Gasteiger partial charge < -0.3 is 18.1 Å². The normalized spacial score (nSPS) is 11.2. The van der Waals surface area contributed by atoms with Crippen molar-refractivity contribution in [2.45, 2.75) is 19.4 Å². The molecule has 0 N–H and O–H groups in total. The molecule has 0 aromatic heterocycles. The van der Waals surface area contributed by atoms with Gasteiger partial charge in [0.15, 0.2) is 0 Å². The zero-order valence-corrected chi connectivity index (χ0v) is 33.0. The SMILES string of the molecule is CC(C)(OPOc1ccccc1-c1[c-]cccc1)c1ccccc1OPOc1ccccc1-c1[c-]cccc1.[U].[U]. The van der Waals surface area contributed by atoms with Crippen LogP contribution in [-0.4, -0.2) is 0 Å². The predicted octanol–water partition coefficient (Wildman–Crippen LogP) is 9.43. The van der Waals surface area contributed by atoms with Crippen LogP contribution >= 0.6 is 18.1 Å². The standard InChI is InChI=1S/C33H28O4P2.2U/c1-33(2,37-39-35-31-23-13-10-20-28(31)26-17-7-4-8-18-26)29-21-11-14-24-32(29)36-38-34-30-22-12-9-19-27(30)25-15-5-3-6-16-25;;/h3-15,17,19-24,38-39H,1-2H3;;/q-2;;.